The minimum Gasteiger partial charge on any atom is -0.378 e. The van der Waals surface area contributed by atoms with Crippen LogP contribution in [0.25, 0.3) is 28.1 Å². The van der Waals surface area contributed by atoms with E-state index in [2.05, 4.69) is 47.6 Å². The number of ether oxygens (including phenoxy) is 1. The number of hydrogen-bond donors (Lipinski definition) is 1. The van der Waals surface area contributed by atoms with E-state index in [1.54, 1.807) is 11.2 Å². The van der Waals surface area contributed by atoms with Gasteiger partial charge in [-0.3, -0.25) is 0 Å². The smallest absolute Gasteiger partial charge is 0.182 e. The number of nitrogens with zero attached hydrogens (tertiary/aromatic N) is 6. The maximum Gasteiger partial charge on any atom is 0.182 e. The zero-order valence-corrected chi connectivity index (χ0v) is 18.7. The summed E-state index contributed by atoms with van der Waals surface area (Å²) >= 11 is 0. The lowest BCUT2D eigenvalue weighted by atomic mass is 10.2. The Hall–Kier alpha value is -2.97. The van der Waals surface area contributed by atoms with E-state index in [4.69, 9.17) is 19.8 Å². The topological polar surface area (TPSA) is 64.9 Å². The summed E-state index contributed by atoms with van der Waals surface area (Å²) in [5.74, 6) is 0.724. The Bertz CT molecular complexity index is 1220. The molecule has 8 heteroatoms. The van der Waals surface area contributed by atoms with Gasteiger partial charge < -0.3 is 19.1 Å². The van der Waals surface area contributed by atoms with Crippen LogP contribution in [0, 0.1) is 13.8 Å². The lowest BCUT2D eigenvalue weighted by molar-refractivity contribution is -0.908. The quantitative estimate of drug-likeness (QED) is 0.528. The first-order valence-electron chi connectivity index (χ1n) is 10.9. The van der Waals surface area contributed by atoms with Gasteiger partial charge in [-0.25, -0.2) is 14.5 Å². The molecule has 1 aliphatic rings. The number of aromatic nitrogens is 5. The van der Waals surface area contributed by atoms with Crippen molar-refractivity contribution >= 4 is 22.4 Å². The minimum absolute atomic E-state index is 0.724. The fraction of sp³-hybridized carbons (Fsp3) is 0.435. The van der Waals surface area contributed by atoms with Gasteiger partial charge in [0.15, 0.2) is 11.5 Å². The molecule has 8 nitrogen and oxygen atoms in total. The van der Waals surface area contributed by atoms with E-state index in [0.29, 0.717) is 0 Å². The van der Waals surface area contributed by atoms with Crippen molar-refractivity contribution in [3.05, 3.63) is 41.9 Å². The van der Waals surface area contributed by atoms with E-state index in [0.717, 1.165) is 73.1 Å². The van der Waals surface area contributed by atoms with Crippen molar-refractivity contribution in [2.75, 3.05) is 51.8 Å². The molecule has 1 fully saturated rings. The van der Waals surface area contributed by atoms with Crippen LogP contribution in [0.3, 0.4) is 0 Å². The second-order valence-electron chi connectivity index (χ2n) is 8.56. The molecule has 0 radical (unpaired) electrons. The largest absolute Gasteiger partial charge is 0.378 e. The van der Waals surface area contributed by atoms with Gasteiger partial charge in [-0.2, -0.15) is 0 Å². The Morgan fingerprint density at radius 3 is 2.52 bits per heavy atom. The van der Waals surface area contributed by atoms with Crippen molar-refractivity contribution in [2.45, 2.75) is 20.4 Å². The predicted molar refractivity (Wildman–Crippen MR) is 122 cm³/mol. The van der Waals surface area contributed by atoms with Gasteiger partial charge in [0.1, 0.15) is 25.1 Å². The van der Waals surface area contributed by atoms with Crippen LogP contribution in [0.2, 0.25) is 0 Å². The summed E-state index contributed by atoms with van der Waals surface area (Å²) in [5, 5.41) is 5.81. The summed E-state index contributed by atoms with van der Waals surface area (Å²) in [6, 6.07) is 8.33. The molecule has 0 bridgehead atoms. The molecule has 0 spiro atoms. The molecule has 1 aliphatic heterocycles. The first-order chi connectivity index (χ1) is 15.0. The first kappa shape index (κ1) is 20.0. The van der Waals surface area contributed by atoms with E-state index >= 15 is 0 Å². The SMILES string of the molecule is Cc1c(C)n(CC[NH+]2CCOCC2)c2ncn3nc(-c4ccc(N(C)C)cc4)nc3c12. The molecule has 1 aromatic carbocycles. The number of rotatable bonds is 5. The van der Waals surface area contributed by atoms with Crippen molar-refractivity contribution in [1.29, 1.82) is 0 Å². The zero-order chi connectivity index (χ0) is 21.5. The van der Waals surface area contributed by atoms with E-state index in [1.165, 1.54) is 11.3 Å². The van der Waals surface area contributed by atoms with E-state index < -0.39 is 0 Å². The van der Waals surface area contributed by atoms with Gasteiger partial charge in [0, 0.05) is 31.0 Å². The van der Waals surface area contributed by atoms with Crippen LogP contribution >= 0.6 is 0 Å². The number of aryl methyl sites for hydroxylation is 1. The summed E-state index contributed by atoms with van der Waals surface area (Å²) in [7, 11) is 4.08. The van der Waals surface area contributed by atoms with Crippen LogP contribution in [0.15, 0.2) is 30.6 Å². The van der Waals surface area contributed by atoms with Crippen LogP contribution in [0.5, 0.6) is 0 Å². The first-order valence-corrected chi connectivity index (χ1v) is 10.9. The third kappa shape index (κ3) is 3.55. The number of morpholine rings is 1. The maximum atomic E-state index is 5.49. The Balaban J connectivity index is 1.52. The second kappa shape index (κ2) is 7.94. The van der Waals surface area contributed by atoms with Gasteiger partial charge in [0.25, 0.3) is 0 Å². The monoisotopic (exact) mass is 420 g/mol. The van der Waals surface area contributed by atoms with Gasteiger partial charge in [0.2, 0.25) is 0 Å². The van der Waals surface area contributed by atoms with Crippen LogP contribution in [0.4, 0.5) is 5.69 Å². The molecule has 1 N–H and O–H groups in total. The molecule has 31 heavy (non-hydrogen) atoms. The van der Waals surface area contributed by atoms with E-state index in [-0.39, 0.29) is 0 Å². The van der Waals surface area contributed by atoms with Gasteiger partial charge >= 0.3 is 0 Å². The van der Waals surface area contributed by atoms with E-state index in [9.17, 15) is 0 Å². The lowest BCUT2D eigenvalue weighted by Crippen LogP contribution is -3.14. The molecular formula is C23H30N7O+. The molecular weight excluding hydrogens is 390 g/mol. The molecule has 4 heterocycles. The fourth-order valence-corrected chi connectivity index (χ4v) is 4.41. The summed E-state index contributed by atoms with van der Waals surface area (Å²) in [6.07, 6.45) is 1.79. The summed E-state index contributed by atoms with van der Waals surface area (Å²) in [6.45, 7) is 10.2. The molecule has 0 saturated carbocycles. The zero-order valence-electron chi connectivity index (χ0n) is 18.7. The van der Waals surface area contributed by atoms with Gasteiger partial charge in [-0.05, 0) is 43.7 Å². The summed E-state index contributed by atoms with van der Waals surface area (Å²) in [4.78, 5) is 13.4. The Morgan fingerprint density at radius 1 is 1.06 bits per heavy atom. The third-order valence-corrected chi connectivity index (χ3v) is 6.48. The highest BCUT2D eigenvalue weighted by Gasteiger charge is 2.20. The summed E-state index contributed by atoms with van der Waals surface area (Å²) in [5.41, 5.74) is 6.51. The highest BCUT2D eigenvalue weighted by atomic mass is 16.5. The van der Waals surface area contributed by atoms with Gasteiger partial charge in [0.05, 0.1) is 31.7 Å². The van der Waals surface area contributed by atoms with Crippen molar-refractivity contribution in [3.8, 4) is 11.4 Å². The molecule has 162 valence electrons. The highest BCUT2D eigenvalue weighted by Crippen LogP contribution is 2.28. The second-order valence-corrected chi connectivity index (χ2v) is 8.56. The molecule has 5 rings (SSSR count). The number of hydrogen-bond acceptors (Lipinski definition) is 5. The van der Waals surface area contributed by atoms with Crippen LogP contribution < -0.4 is 9.80 Å². The van der Waals surface area contributed by atoms with Crippen LogP contribution in [-0.4, -0.2) is 71.1 Å². The average Bonchev–Trinajstić information content (AvgIpc) is 3.32. The summed E-state index contributed by atoms with van der Waals surface area (Å²) < 4.78 is 9.64. The number of quaternary nitrogens is 1. The molecule has 0 aliphatic carbocycles. The number of benzene rings is 1. The number of fused-ring (bicyclic) bond motifs is 3. The lowest BCUT2D eigenvalue weighted by Gasteiger charge is -2.24. The maximum absolute atomic E-state index is 5.49. The molecule has 1 saturated heterocycles. The fourth-order valence-electron chi connectivity index (χ4n) is 4.41. The molecule has 3 aromatic heterocycles. The standard InChI is InChI=1S/C23H29N7O/c1-16-17(2)29(10-9-28-11-13-31-14-12-28)22-20(16)23-25-21(26-30(23)15-24-22)18-5-7-19(8-6-18)27(3)4/h5-8,15H,9-14H2,1-4H3/p+1. The minimum atomic E-state index is 0.724. The van der Waals surface area contributed by atoms with E-state index in [1.807, 2.05) is 18.6 Å². The van der Waals surface area contributed by atoms with Crippen molar-refractivity contribution < 1.29 is 9.64 Å². The third-order valence-electron chi connectivity index (χ3n) is 6.48. The van der Waals surface area contributed by atoms with Crippen LogP contribution in [-0.2, 0) is 11.3 Å². The van der Waals surface area contributed by atoms with Crippen molar-refractivity contribution in [1.82, 2.24) is 24.1 Å². The predicted octanol–water partition coefficient (Wildman–Crippen LogP) is 1.34. The van der Waals surface area contributed by atoms with Crippen LogP contribution in [0.1, 0.15) is 11.3 Å². The van der Waals surface area contributed by atoms with Gasteiger partial charge in [-0.15, -0.1) is 5.10 Å². The molecule has 0 amide bonds. The Labute approximate surface area is 182 Å². The van der Waals surface area contributed by atoms with Crippen molar-refractivity contribution in [3.63, 3.8) is 0 Å². The molecule has 4 aromatic rings. The van der Waals surface area contributed by atoms with Gasteiger partial charge in [-0.1, -0.05) is 0 Å². The Morgan fingerprint density at radius 2 is 1.81 bits per heavy atom. The average molecular weight is 421 g/mol. The van der Waals surface area contributed by atoms with Crippen molar-refractivity contribution in [2.24, 2.45) is 0 Å². The Kier molecular flexibility index (Phi) is 5.11. The number of anilines is 1. The number of nitrogens with one attached hydrogen (secondary N) is 1. The normalized spacial score (nSPS) is 15.2. The molecule has 0 unspecified atom stereocenters. The molecule has 0 atom stereocenters. The highest BCUT2D eigenvalue weighted by molar-refractivity contribution is 5.94.